The van der Waals surface area contributed by atoms with Gasteiger partial charge >= 0.3 is 0 Å². The van der Waals surface area contributed by atoms with Crippen molar-refractivity contribution in [3.05, 3.63) is 23.0 Å². The Balaban J connectivity index is 2.23. The van der Waals surface area contributed by atoms with Crippen LogP contribution >= 0.6 is 0 Å². The van der Waals surface area contributed by atoms with E-state index in [0.717, 1.165) is 44.3 Å². The molecule has 1 unspecified atom stereocenters. The van der Waals surface area contributed by atoms with E-state index in [1.165, 1.54) is 17.6 Å². The van der Waals surface area contributed by atoms with Crippen molar-refractivity contribution in [1.29, 1.82) is 0 Å². The highest BCUT2D eigenvalue weighted by Gasteiger charge is 2.43. The Morgan fingerprint density at radius 1 is 1.48 bits per heavy atom. The monoisotopic (exact) mass is 291 g/mol. The van der Waals surface area contributed by atoms with Crippen LogP contribution in [0.1, 0.15) is 58.8 Å². The van der Waals surface area contributed by atoms with E-state index in [1.54, 1.807) is 14.2 Å². The van der Waals surface area contributed by atoms with Crippen LogP contribution in [0.3, 0.4) is 0 Å². The maximum Gasteiger partial charge on any atom is 0.226 e. The zero-order valence-corrected chi connectivity index (χ0v) is 13.9. The van der Waals surface area contributed by atoms with Crippen LogP contribution in [0.25, 0.3) is 0 Å². The first kappa shape index (κ1) is 16.1. The zero-order valence-electron chi connectivity index (χ0n) is 13.9. The van der Waals surface area contributed by atoms with E-state index in [2.05, 4.69) is 25.2 Å². The molecule has 0 bridgehead atoms. The number of rotatable bonds is 4. The molecule has 0 spiro atoms. The molecule has 1 amide bonds. The first-order valence-corrected chi connectivity index (χ1v) is 8.16. The van der Waals surface area contributed by atoms with Crippen molar-refractivity contribution in [2.24, 2.45) is 11.3 Å². The normalized spacial score (nSPS) is 25.3. The van der Waals surface area contributed by atoms with Crippen LogP contribution in [-0.4, -0.2) is 20.1 Å². The Hall–Kier alpha value is -1.25. The van der Waals surface area contributed by atoms with Crippen LogP contribution in [0.5, 0.6) is 0 Å². The SMILES string of the molecule is CNC(=O)C1(CC2=CC(C)=C(OC)CCC(C)C2)CCC1. The molecular formula is C18H29NO2. The highest BCUT2D eigenvalue weighted by Crippen LogP contribution is 2.47. The molecule has 2 aliphatic carbocycles. The van der Waals surface area contributed by atoms with Gasteiger partial charge in [-0.05, 0) is 50.5 Å². The van der Waals surface area contributed by atoms with E-state index in [9.17, 15) is 4.79 Å². The average Bonchev–Trinajstić information content (AvgIpc) is 2.40. The minimum Gasteiger partial charge on any atom is -0.501 e. The van der Waals surface area contributed by atoms with Crippen LogP contribution < -0.4 is 5.32 Å². The molecule has 2 rings (SSSR count). The third-order valence-electron chi connectivity index (χ3n) is 5.17. The maximum absolute atomic E-state index is 12.3. The zero-order chi connectivity index (χ0) is 15.5. The smallest absolute Gasteiger partial charge is 0.226 e. The summed E-state index contributed by atoms with van der Waals surface area (Å²) in [4.78, 5) is 12.3. The average molecular weight is 291 g/mol. The summed E-state index contributed by atoms with van der Waals surface area (Å²) in [6, 6.07) is 0. The second-order valence-electron chi connectivity index (χ2n) is 6.85. The van der Waals surface area contributed by atoms with Crippen molar-refractivity contribution in [2.75, 3.05) is 14.2 Å². The Morgan fingerprint density at radius 2 is 2.19 bits per heavy atom. The van der Waals surface area contributed by atoms with Gasteiger partial charge in [0.05, 0.1) is 18.3 Å². The van der Waals surface area contributed by atoms with Gasteiger partial charge in [-0.1, -0.05) is 25.0 Å². The summed E-state index contributed by atoms with van der Waals surface area (Å²) in [6.45, 7) is 4.43. The number of allylic oxidation sites excluding steroid dienone is 4. The Labute approximate surface area is 128 Å². The molecule has 3 heteroatoms. The summed E-state index contributed by atoms with van der Waals surface area (Å²) in [5.74, 6) is 1.97. The second kappa shape index (κ2) is 6.67. The van der Waals surface area contributed by atoms with Gasteiger partial charge in [0, 0.05) is 13.5 Å². The molecule has 1 fully saturated rings. The van der Waals surface area contributed by atoms with E-state index in [-0.39, 0.29) is 11.3 Å². The maximum atomic E-state index is 12.3. The largest absolute Gasteiger partial charge is 0.501 e. The van der Waals surface area contributed by atoms with Crippen molar-refractivity contribution in [2.45, 2.75) is 58.8 Å². The predicted octanol–water partition coefficient (Wildman–Crippen LogP) is 3.96. The lowest BCUT2D eigenvalue weighted by atomic mass is 9.63. The molecule has 1 atom stereocenters. The van der Waals surface area contributed by atoms with Gasteiger partial charge in [0.15, 0.2) is 0 Å². The fourth-order valence-corrected chi connectivity index (χ4v) is 3.74. The Kier molecular flexibility index (Phi) is 5.13. The molecule has 1 N–H and O–H groups in total. The van der Waals surface area contributed by atoms with Gasteiger partial charge in [-0.15, -0.1) is 0 Å². The van der Waals surface area contributed by atoms with Gasteiger partial charge in [0.2, 0.25) is 5.91 Å². The summed E-state index contributed by atoms with van der Waals surface area (Å²) in [5, 5.41) is 2.86. The molecule has 0 aromatic heterocycles. The summed E-state index contributed by atoms with van der Waals surface area (Å²) < 4.78 is 5.53. The van der Waals surface area contributed by atoms with E-state index < -0.39 is 0 Å². The van der Waals surface area contributed by atoms with Crippen LogP contribution in [-0.2, 0) is 9.53 Å². The van der Waals surface area contributed by atoms with Crippen molar-refractivity contribution in [3.63, 3.8) is 0 Å². The highest BCUT2D eigenvalue weighted by molar-refractivity contribution is 5.83. The number of carbonyl (C=O) groups is 1. The molecule has 0 saturated heterocycles. The fraction of sp³-hybridized carbons (Fsp3) is 0.722. The summed E-state index contributed by atoms with van der Waals surface area (Å²) in [6.07, 6.45) is 9.69. The number of carbonyl (C=O) groups excluding carboxylic acids is 1. The van der Waals surface area contributed by atoms with Crippen molar-refractivity contribution in [3.8, 4) is 0 Å². The third-order valence-corrected chi connectivity index (χ3v) is 5.17. The first-order chi connectivity index (χ1) is 10.0. The van der Waals surface area contributed by atoms with Crippen LogP contribution in [0.4, 0.5) is 0 Å². The number of hydrogen-bond acceptors (Lipinski definition) is 2. The quantitative estimate of drug-likeness (QED) is 0.851. The molecular weight excluding hydrogens is 262 g/mol. The van der Waals surface area contributed by atoms with Gasteiger partial charge in [-0.25, -0.2) is 0 Å². The number of ether oxygens (including phenoxy) is 1. The molecule has 3 nitrogen and oxygen atoms in total. The first-order valence-electron chi connectivity index (χ1n) is 8.16. The third kappa shape index (κ3) is 3.50. The molecule has 1 saturated carbocycles. The van der Waals surface area contributed by atoms with Crippen molar-refractivity contribution < 1.29 is 9.53 Å². The number of hydrogen-bond donors (Lipinski definition) is 1. The molecule has 2 aliphatic rings. The second-order valence-corrected chi connectivity index (χ2v) is 6.85. The Morgan fingerprint density at radius 3 is 2.71 bits per heavy atom. The fourth-order valence-electron chi connectivity index (χ4n) is 3.74. The van der Waals surface area contributed by atoms with Crippen molar-refractivity contribution >= 4 is 5.91 Å². The van der Waals surface area contributed by atoms with Gasteiger partial charge in [-0.2, -0.15) is 0 Å². The lowest BCUT2D eigenvalue weighted by Crippen LogP contribution is -2.44. The molecule has 0 aromatic carbocycles. The predicted molar refractivity (Wildman–Crippen MR) is 85.8 cm³/mol. The number of nitrogens with one attached hydrogen (secondary N) is 1. The minimum atomic E-state index is -0.146. The number of methoxy groups -OCH3 is 1. The summed E-state index contributed by atoms with van der Waals surface area (Å²) in [7, 11) is 3.52. The topological polar surface area (TPSA) is 38.3 Å². The standard InChI is InChI=1S/C18H29NO2/c1-13-6-7-16(21-4)14(2)11-15(10-13)12-18(8-5-9-18)17(20)19-3/h11,13H,5-10,12H2,1-4H3,(H,19,20). The van der Waals surface area contributed by atoms with E-state index >= 15 is 0 Å². The van der Waals surface area contributed by atoms with Crippen LogP contribution in [0, 0.1) is 11.3 Å². The van der Waals surface area contributed by atoms with Gasteiger partial charge < -0.3 is 10.1 Å². The van der Waals surface area contributed by atoms with Crippen molar-refractivity contribution in [1.82, 2.24) is 5.32 Å². The van der Waals surface area contributed by atoms with E-state index in [4.69, 9.17) is 4.74 Å². The molecule has 0 radical (unpaired) electrons. The Bertz CT molecular complexity index is 458. The molecule has 0 aromatic rings. The molecule has 21 heavy (non-hydrogen) atoms. The van der Waals surface area contributed by atoms with E-state index in [1.807, 2.05) is 0 Å². The molecule has 118 valence electrons. The molecule has 0 aliphatic heterocycles. The summed E-state index contributed by atoms with van der Waals surface area (Å²) in [5.41, 5.74) is 2.50. The summed E-state index contributed by atoms with van der Waals surface area (Å²) >= 11 is 0. The molecule has 0 heterocycles. The lowest BCUT2D eigenvalue weighted by molar-refractivity contribution is -0.135. The van der Waals surface area contributed by atoms with Gasteiger partial charge in [0.1, 0.15) is 0 Å². The lowest BCUT2D eigenvalue weighted by Gasteiger charge is -2.41. The van der Waals surface area contributed by atoms with E-state index in [0.29, 0.717) is 5.92 Å². The van der Waals surface area contributed by atoms with Gasteiger partial charge in [-0.3, -0.25) is 4.79 Å². The van der Waals surface area contributed by atoms with Gasteiger partial charge in [0.25, 0.3) is 0 Å². The highest BCUT2D eigenvalue weighted by atomic mass is 16.5. The minimum absolute atomic E-state index is 0.146. The van der Waals surface area contributed by atoms with Crippen LogP contribution in [0.15, 0.2) is 23.0 Å². The number of amides is 1. The van der Waals surface area contributed by atoms with Crippen LogP contribution in [0.2, 0.25) is 0 Å².